The first-order valence-electron chi connectivity index (χ1n) is 15.1. The molecule has 0 bridgehead atoms. The highest BCUT2D eigenvalue weighted by Gasteiger charge is 2.30. The lowest BCUT2D eigenvalue weighted by Gasteiger charge is -2.33. The van der Waals surface area contributed by atoms with Gasteiger partial charge in [-0.2, -0.15) is 4.31 Å². The molecular formula is C30H42FN5O6S. The number of halogens is 1. The number of ether oxygens (including phenoxy) is 2. The summed E-state index contributed by atoms with van der Waals surface area (Å²) < 4.78 is 54.9. The quantitative estimate of drug-likeness (QED) is 0.255. The SMILES string of the molecule is CCCOc1ccc(S(=O)(=O)N2CCN(CCOC(=O)CCC)CC2)cc1-c1nc2c(CCCF)cn(CC)c2c(=O)[nH]1. The number of carbonyl (C=O) groups is 1. The van der Waals surface area contributed by atoms with E-state index in [9.17, 15) is 22.4 Å². The number of fused-ring (bicyclic) bond motifs is 1. The van der Waals surface area contributed by atoms with Crippen LogP contribution < -0.4 is 10.3 Å². The summed E-state index contributed by atoms with van der Waals surface area (Å²) in [6.07, 6.45) is 4.42. The minimum atomic E-state index is -3.87. The lowest BCUT2D eigenvalue weighted by Crippen LogP contribution is -2.49. The Hall–Kier alpha value is -3.29. The highest BCUT2D eigenvalue weighted by atomic mass is 32.2. The lowest BCUT2D eigenvalue weighted by molar-refractivity contribution is -0.144. The van der Waals surface area contributed by atoms with E-state index >= 15 is 0 Å². The average molecular weight is 620 g/mol. The number of sulfonamides is 1. The molecular weight excluding hydrogens is 577 g/mol. The lowest BCUT2D eigenvalue weighted by atomic mass is 10.1. The molecule has 13 heteroatoms. The van der Waals surface area contributed by atoms with E-state index in [1.165, 1.54) is 16.4 Å². The number of H-pyrrole nitrogens is 1. The van der Waals surface area contributed by atoms with E-state index in [1.807, 2.05) is 27.0 Å². The van der Waals surface area contributed by atoms with Gasteiger partial charge in [-0.25, -0.2) is 13.4 Å². The predicted molar refractivity (Wildman–Crippen MR) is 163 cm³/mol. The van der Waals surface area contributed by atoms with Gasteiger partial charge in [0.05, 0.1) is 29.3 Å². The molecule has 0 aliphatic carbocycles. The van der Waals surface area contributed by atoms with Crippen LogP contribution in [0.4, 0.5) is 4.39 Å². The fraction of sp³-hybridized carbons (Fsp3) is 0.567. The second-order valence-corrected chi connectivity index (χ2v) is 12.5. The molecule has 0 atom stereocenters. The number of alkyl halides is 1. The summed E-state index contributed by atoms with van der Waals surface area (Å²) in [6.45, 7) is 8.69. The summed E-state index contributed by atoms with van der Waals surface area (Å²) in [6, 6.07) is 4.62. The van der Waals surface area contributed by atoms with E-state index < -0.39 is 16.7 Å². The summed E-state index contributed by atoms with van der Waals surface area (Å²) >= 11 is 0. The molecule has 1 aliphatic heterocycles. The highest BCUT2D eigenvalue weighted by Crippen LogP contribution is 2.33. The van der Waals surface area contributed by atoms with Crippen molar-refractivity contribution in [2.75, 3.05) is 52.6 Å². The van der Waals surface area contributed by atoms with Crippen LogP contribution in [0.2, 0.25) is 0 Å². The Balaban J connectivity index is 1.62. The van der Waals surface area contributed by atoms with Crippen LogP contribution in [0.25, 0.3) is 22.4 Å². The first kappa shape index (κ1) is 32.6. The Morgan fingerprint density at radius 2 is 1.86 bits per heavy atom. The molecule has 0 radical (unpaired) electrons. The van der Waals surface area contributed by atoms with E-state index in [2.05, 4.69) is 9.88 Å². The molecule has 0 amide bonds. The summed E-state index contributed by atoms with van der Waals surface area (Å²) in [5.41, 5.74) is 1.64. The van der Waals surface area contributed by atoms with Gasteiger partial charge >= 0.3 is 5.97 Å². The Kier molecular flexibility index (Phi) is 11.3. The maximum atomic E-state index is 13.7. The molecule has 1 aliphatic rings. The van der Waals surface area contributed by atoms with E-state index in [4.69, 9.17) is 14.5 Å². The number of esters is 1. The minimum absolute atomic E-state index is 0.0693. The third-order valence-corrected chi connectivity index (χ3v) is 9.37. The molecule has 43 heavy (non-hydrogen) atoms. The van der Waals surface area contributed by atoms with Crippen LogP contribution in [0.3, 0.4) is 0 Å². The van der Waals surface area contributed by atoms with Crippen molar-refractivity contribution < 1.29 is 27.1 Å². The smallest absolute Gasteiger partial charge is 0.305 e. The predicted octanol–water partition coefficient (Wildman–Crippen LogP) is 3.75. The van der Waals surface area contributed by atoms with E-state index in [0.717, 1.165) is 18.4 Å². The number of carbonyl (C=O) groups excluding carboxylic acids is 1. The standard InChI is InChI=1S/C30H42FN5O6S/c1-4-8-26(37)42-19-17-34-13-15-36(16-14-34)43(39,40)23-10-11-25(41-18-5-2)24(20-23)29-32-27-22(9-7-12-31)21-35(6-3)28(27)30(38)33-29/h10-11,20-21H,4-9,12-19H2,1-3H3,(H,32,33,38). The molecule has 3 aromatic rings. The van der Waals surface area contributed by atoms with Crippen molar-refractivity contribution in [1.82, 2.24) is 23.7 Å². The van der Waals surface area contributed by atoms with Crippen molar-refractivity contribution in [1.29, 1.82) is 0 Å². The number of nitrogens with zero attached hydrogens (tertiary/aromatic N) is 4. The Bertz CT molecular complexity index is 1560. The summed E-state index contributed by atoms with van der Waals surface area (Å²) in [7, 11) is -3.87. The molecule has 3 heterocycles. The number of nitrogens with one attached hydrogen (secondary N) is 1. The molecule has 1 N–H and O–H groups in total. The Morgan fingerprint density at radius 1 is 1.09 bits per heavy atom. The van der Waals surface area contributed by atoms with E-state index in [-0.39, 0.29) is 41.9 Å². The van der Waals surface area contributed by atoms with Gasteiger partial charge in [0.15, 0.2) is 0 Å². The first-order chi connectivity index (χ1) is 20.7. The molecule has 0 unspecified atom stereocenters. The monoisotopic (exact) mass is 619 g/mol. The van der Waals surface area contributed by atoms with Crippen LogP contribution in [0.15, 0.2) is 34.1 Å². The van der Waals surface area contributed by atoms with Gasteiger partial charge in [0.2, 0.25) is 10.0 Å². The van der Waals surface area contributed by atoms with Crippen LogP contribution in [0.1, 0.15) is 52.0 Å². The van der Waals surface area contributed by atoms with Gasteiger partial charge < -0.3 is 19.0 Å². The van der Waals surface area contributed by atoms with Crippen molar-refractivity contribution in [3.8, 4) is 17.1 Å². The van der Waals surface area contributed by atoms with Gasteiger partial charge in [-0.3, -0.25) is 18.9 Å². The zero-order valence-electron chi connectivity index (χ0n) is 25.2. The zero-order chi connectivity index (χ0) is 31.0. The molecule has 1 aromatic carbocycles. The van der Waals surface area contributed by atoms with Gasteiger partial charge in [-0.1, -0.05) is 13.8 Å². The number of hydrogen-bond donors (Lipinski definition) is 1. The largest absolute Gasteiger partial charge is 0.493 e. The normalized spacial score (nSPS) is 14.8. The van der Waals surface area contributed by atoms with Crippen molar-refractivity contribution >= 4 is 27.0 Å². The number of piperazine rings is 1. The van der Waals surface area contributed by atoms with Gasteiger partial charge in [0, 0.05) is 51.9 Å². The van der Waals surface area contributed by atoms with Crippen LogP contribution in [0.5, 0.6) is 5.75 Å². The fourth-order valence-corrected chi connectivity index (χ4v) is 6.64. The number of aromatic amines is 1. The molecule has 236 valence electrons. The molecule has 1 saturated heterocycles. The molecule has 0 saturated carbocycles. The maximum Gasteiger partial charge on any atom is 0.305 e. The van der Waals surface area contributed by atoms with Crippen molar-refractivity contribution in [2.45, 2.75) is 64.3 Å². The average Bonchev–Trinajstić information content (AvgIpc) is 3.37. The van der Waals surface area contributed by atoms with Crippen LogP contribution in [-0.4, -0.2) is 90.7 Å². The van der Waals surface area contributed by atoms with Gasteiger partial charge in [0.25, 0.3) is 5.56 Å². The molecule has 4 rings (SSSR count). The first-order valence-corrected chi connectivity index (χ1v) is 16.5. The molecule has 1 fully saturated rings. The van der Waals surface area contributed by atoms with Gasteiger partial charge in [-0.05, 0) is 56.4 Å². The Morgan fingerprint density at radius 3 is 2.53 bits per heavy atom. The topological polar surface area (TPSA) is 127 Å². The Labute approximate surface area is 252 Å². The number of aromatic nitrogens is 3. The van der Waals surface area contributed by atoms with Crippen molar-refractivity contribution in [3.05, 3.63) is 40.3 Å². The number of benzene rings is 1. The van der Waals surface area contributed by atoms with Gasteiger partial charge in [0.1, 0.15) is 23.7 Å². The highest BCUT2D eigenvalue weighted by molar-refractivity contribution is 7.89. The summed E-state index contributed by atoms with van der Waals surface area (Å²) in [5.74, 6) is 0.379. The maximum absolute atomic E-state index is 13.7. The second-order valence-electron chi connectivity index (χ2n) is 10.6. The van der Waals surface area contributed by atoms with E-state index in [1.54, 1.807) is 10.6 Å². The number of aryl methyl sites for hydroxylation is 2. The summed E-state index contributed by atoms with van der Waals surface area (Å²) in [5, 5.41) is 0. The van der Waals surface area contributed by atoms with Crippen LogP contribution >= 0.6 is 0 Å². The van der Waals surface area contributed by atoms with Crippen molar-refractivity contribution in [2.24, 2.45) is 0 Å². The third-order valence-electron chi connectivity index (χ3n) is 7.48. The molecule has 2 aromatic heterocycles. The van der Waals surface area contributed by atoms with Crippen molar-refractivity contribution in [3.63, 3.8) is 0 Å². The zero-order valence-corrected chi connectivity index (χ0v) is 26.0. The number of hydrogen-bond acceptors (Lipinski definition) is 8. The van der Waals surface area contributed by atoms with E-state index in [0.29, 0.717) is 74.4 Å². The van der Waals surface area contributed by atoms with Crippen LogP contribution in [-0.2, 0) is 32.5 Å². The molecule has 0 spiro atoms. The third kappa shape index (κ3) is 7.63. The fourth-order valence-electron chi connectivity index (χ4n) is 5.19. The minimum Gasteiger partial charge on any atom is -0.493 e. The van der Waals surface area contributed by atoms with Gasteiger partial charge in [-0.15, -0.1) is 0 Å². The van der Waals surface area contributed by atoms with Crippen LogP contribution in [0, 0.1) is 0 Å². The molecule has 11 nitrogen and oxygen atoms in total. The number of rotatable bonds is 15. The summed E-state index contributed by atoms with van der Waals surface area (Å²) in [4.78, 5) is 34.6. The second kappa shape index (κ2) is 14.9.